The molecule has 0 aliphatic rings. The van der Waals surface area contributed by atoms with Gasteiger partial charge < -0.3 is 4.74 Å². The van der Waals surface area contributed by atoms with Gasteiger partial charge in [0.25, 0.3) is 0 Å². The Labute approximate surface area is 97.2 Å². The molecule has 0 aliphatic carbocycles. The van der Waals surface area contributed by atoms with Gasteiger partial charge in [-0.3, -0.25) is 0 Å². The molecule has 0 amide bonds. The monoisotopic (exact) mass is 252 g/mol. The predicted molar refractivity (Wildman–Crippen MR) is 56.9 cm³/mol. The maximum Gasteiger partial charge on any atom is 0.573 e. The van der Waals surface area contributed by atoms with E-state index in [0.29, 0.717) is 5.56 Å². The highest BCUT2D eigenvalue weighted by Crippen LogP contribution is 2.33. The van der Waals surface area contributed by atoms with Gasteiger partial charge in [0.15, 0.2) is 0 Å². The molecule has 0 aliphatic heterocycles. The van der Waals surface area contributed by atoms with Crippen LogP contribution in [-0.2, 0) is 0 Å². The Kier molecular flexibility index (Phi) is 4.08. The van der Waals surface area contributed by atoms with Crippen LogP contribution in [0.15, 0.2) is 24.3 Å². The van der Waals surface area contributed by atoms with E-state index in [0.717, 1.165) is 0 Å². The Morgan fingerprint density at radius 2 is 1.75 bits per heavy atom. The minimum absolute atomic E-state index is 0.185. The highest BCUT2D eigenvalue weighted by atomic mass is 35.5. The van der Waals surface area contributed by atoms with E-state index in [1.54, 1.807) is 26.0 Å². The fraction of sp³-hybridized carbons (Fsp3) is 0.455. The first kappa shape index (κ1) is 13.2. The highest BCUT2D eigenvalue weighted by molar-refractivity contribution is 6.20. The number of halogens is 4. The van der Waals surface area contributed by atoms with E-state index in [2.05, 4.69) is 4.74 Å². The van der Waals surface area contributed by atoms with Crippen molar-refractivity contribution in [2.45, 2.75) is 31.5 Å². The van der Waals surface area contributed by atoms with Gasteiger partial charge in [-0.05, 0) is 18.6 Å². The maximum atomic E-state index is 12.1. The summed E-state index contributed by atoms with van der Waals surface area (Å²) in [5.74, 6) is -0.393. The summed E-state index contributed by atoms with van der Waals surface area (Å²) in [4.78, 5) is 0. The number of ether oxygens (including phenoxy) is 1. The van der Waals surface area contributed by atoms with E-state index >= 15 is 0 Å². The van der Waals surface area contributed by atoms with Crippen molar-refractivity contribution in [2.75, 3.05) is 0 Å². The van der Waals surface area contributed by atoms with Crippen LogP contribution in [0.3, 0.4) is 0 Å². The topological polar surface area (TPSA) is 9.23 Å². The average molecular weight is 253 g/mol. The summed E-state index contributed by atoms with van der Waals surface area (Å²) in [7, 11) is 0. The van der Waals surface area contributed by atoms with Gasteiger partial charge in [-0.25, -0.2) is 0 Å². The van der Waals surface area contributed by atoms with Gasteiger partial charge >= 0.3 is 6.36 Å². The maximum absolute atomic E-state index is 12.1. The fourth-order valence-corrected chi connectivity index (χ4v) is 1.46. The third kappa shape index (κ3) is 3.59. The molecule has 0 spiro atoms. The predicted octanol–water partition coefficient (Wildman–Crippen LogP) is 4.32. The molecule has 1 nitrogen and oxygen atoms in total. The van der Waals surface area contributed by atoms with Gasteiger partial charge in [0.05, 0.1) is 0 Å². The summed E-state index contributed by atoms with van der Waals surface area (Å²) in [6.07, 6.45) is -4.68. The van der Waals surface area contributed by atoms with Crippen molar-refractivity contribution in [3.05, 3.63) is 29.8 Å². The number of alkyl halides is 4. The smallest absolute Gasteiger partial charge is 0.405 e. The van der Waals surface area contributed by atoms with Crippen LogP contribution in [0, 0.1) is 0 Å². The van der Waals surface area contributed by atoms with Crippen LogP contribution in [-0.4, -0.2) is 11.7 Å². The Hall–Kier alpha value is -0.900. The second-order valence-corrected chi connectivity index (χ2v) is 4.24. The number of para-hydroxylation sites is 1. The third-order valence-corrected chi connectivity index (χ3v) is 2.70. The van der Waals surface area contributed by atoms with Gasteiger partial charge in [0.1, 0.15) is 5.75 Å². The Balaban J connectivity index is 3.01. The minimum Gasteiger partial charge on any atom is -0.405 e. The second kappa shape index (κ2) is 4.95. The van der Waals surface area contributed by atoms with E-state index in [9.17, 15) is 13.2 Å². The summed E-state index contributed by atoms with van der Waals surface area (Å²) in [5, 5.41) is -0.266. The van der Waals surface area contributed by atoms with Gasteiger partial charge in [0.2, 0.25) is 0 Å². The molecule has 0 heterocycles. The standard InChI is InChI=1S/C11H12ClF3O/c1-7(8(2)12)9-5-3-4-6-10(9)16-11(13,14)15/h3-8H,1-2H3. The quantitative estimate of drug-likeness (QED) is 0.728. The largest absolute Gasteiger partial charge is 0.573 e. The normalized spacial score (nSPS) is 15.6. The summed E-state index contributed by atoms with van der Waals surface area (Å²) in [5.41, 5.74) is 0.460. The van der Waals surface area contributed by atoms with Crippen molar-refractivity contribution >= 4 is 11.6 Å². The number of hydrogen-bond acceptors (Lipinski definition) is 1. The van der Waals surface area contributed by atoms with Crippen molar-refractivity contribution in [1.29, 1.82) is 0 Å². The molecule has 5 heteroatoms. The summed E-state index contributed by atoms with van der Waals surface area (Å²) >= 11 is 5.87. The van der Waals surface area contributed by atoms with Crippen LogP contribution in [0.25, 0.3) is 0 Å². The average Bonchev–Trinajstić information content (AvgIpc) is 2.15. The van der Waals surface area contributed by atoms with Gasteiger partial charge in [-0.1, -0.05) is 25.1 Å². The molecule has 90 valence electrons. The molecule has 1 aromatic rings. The number of benzene rings is 1. The molecule has 0 aromatic heterocycles. The molecule has 0 radical (unpaired) electrons. The third-order valence-electron chi connectivity index (χ3n) is 2.32. The second-order valence-electron chi connectivity index (χ2n) is 3.55. The van der Waals surface area contributed by atoms with E-state index in [-0.39, 0.29) is 17.0 Å². The van der Waals surface area contributed by atoms with E-state index in [1.807, 2.05) is 0 Å². The first-order chi connectivity index (χ1) is 7.31. The summed E-state index contributed by atoms with van der Waals surface area (Å²) in [6, 6.07) is 6.04. The molecule has 2 atom stereocenters. The zero-order valence-corrected chi connectivity index (χ0v) is 9.64. The van der Waals surface area contributed by atoms with Crippen LogP contribution in [0.1, 0.15) is 25.3 Å². The van der Waals surface area contributed by atoms with E-state index < -0.39 is 6.36 Å². The molecule has 0 N–H and O–H groups in total. The lowest BCUT2D eigenvalue weighted by atomic mass is 9.97. The summed E-state index contributed by atoms with van der Waals surface area (Å²) in [6.45, 7) is 3.49. The lowest BCUT2D eigenvalue weighted by Gasteiger charge is -2.19. The highest BCUT2D eigenvalue weighted by Gasteiger charge is 2.32. The van der Waals surface area contributed by atoms with Crippen molar-refractivity contribution in [3.8, 4) is 5.75 Å². The molecule has 0 saturated carbocycles. The van der Waals surface area contributed by atoms with Crippen LogP contribution < -0.4 is 4.74 Å². The van der Waals surface area contributed by atoms with E-state index in [1.165, 1.54) is 12.1 Å². The molecule has 16 heavy (non-hydrogen) atoms. The molecule has 1 aromatic carbocycles. The van der Waals surface area contributed by atoms with Crippen molar-refractivity contribution < 1.29 is 17.9 Å². The first-order valence-electron chi connectivity index (χ1n) is 4.80. The number of rotatable bonds is 3. The number of hydrogen-bond donors (Lipinski definition) is 0. The molecule has 0 bridgehead atoms. The molecular formula is C11H12ClF3O. The molecule has 2 unspecified atom stereocenters. The minimum atomic E-state index is -4.68. The van der Waals surface area contributed by atoms with Gasteiger partial charge in [-0.15, -0.1) is 24.8 Å². The van der Waals surface area contributed by atoms with E-state index in [4.69, 9.17) is 11.6 Å². The Bertz CT molecular complexity index is 349. The van der Waals surface area contributed by atoms with Crippen molar-refractivity contribution in [1.82, 2.24) is 0 Å². The summed E-state index contributed by atoms with van der Waals surface area (Å²) < 4.78 is 40.3. The molecule has 0 fully saturated rings. The van der Waals surface area contributed by atoms with Gasteiger partial charge in [-0.2, -0.15) is 0 Å². The van der Waals surface area contributed by atoms with Gasteiger partial charge in [0, 0.05) is 11.3 Å². The zero-order chi connectivity index (χ0) is 12.3. The first-order valence-corrected chi connectivity index (χ1v) is 5.23. The van der Waals surface area contributed by atoms with Crippen molar-refractivity contribution in [3.63, 3.8) is 0 Å². The molecule has 0 saturated heterocycles. The Morgan fingerprint density at radius 1 is 1.19 bits per heavy atom. The van der Waals surface area contributed by atoms with Crippen LogP contribution in [0.5, 0.6) is 5.75 Å². The zero-order valence-electron chi connectivity index (χ0n) is 8.88. The van der Waals surface area contributed by atoms with Crippen molar-refractivity contribution in [2.24, 2.45) is 0 Å². The molecular weight excluding hydrogens is 241 g/mol. The van der Waals surface area contributed by atoms with Crippen LogP contribution in [0.4, 0.5) is 13.2 Å². The SMILES string of the molecule is CC(Cl)C(C)c1ccccc1OC(F)(F)F. The molecule has 1 rings (SSSR count). The lowest BCUT2D eigenvalue weighted by Crippen LogP contribution is -2.19. The lowest BCUT2D eigenvalue weighted by molar-refractivity contribution is -0.274. The van der Waals surface area contributed by atoms with Crippen LogP contribution in [0.2, 0.25) is 0 Å². The fourth-order valence-electron chi connectivity index (χ4n) is 1.32. The Morgan fingerprint density at radius 3 is 2.25 bits per heavy atom. The van der Waals surface area contributed by atoms with Crippen LogP contribution >= 0.6 is 11.6 Å².